The molecular weight excluding hydrogens is 420 g/mol. The van der Waals surface area contributed by atoms with Gasteiger partial charge in [0.1, 0.15) is 19.3 Å². The molecule has 2 atom stereocenters. The Morgan fingerprint density at radius 1 is 1.00 bits per heavy atom. The van der Waals surface area contributed by atoms with Crippen LogP contribution < -0.4 is 0 Å². The minimum absolute atomic E-state index is 0.130. The molecule has 1 aliphatic rings. The normalized spacial score (nSPS) is 16.9. The molecule has 1 fully saturated rings. The molecule has 0 amide bonds. The maximum absolute atomic E-state index is 11.8. The van der Waals surface area contributed by atoms with Gasteiger partial charge >= 0.3 is 18.1 Å². The first-order valence-corrected chi connectivity index (χ1v) is 10.6. The van der Waals surface area contributed by atoms with E-state index in [9.17, 15) is 14.4 Å². The predicted octanol–water partition coefficient (Wildman–Crippen LogP) is 4.44. The van der Waals surface area contributed by atoms with Gasteiger partial charge in [-0.15, -0.1) is 0 Å². The molecule has 0 saturated carbocycles. The van der Waals surface area contributed by atoms with Crippen LogP contribution in [0.15, 0.2) is 73.3 Å². The highest BCUT2D eigenvalue weighted by Crippen LogP contribution is 2.29. The molecule has 0 radical (unpaired) electrons. The van der Waals surface area contributed by atoms with E-state index in [-0.39, 0.29) is 23.9 Å². The van der Waals surface area contributed by atoms with Crippen molar-refractivity contribution in [2.24, 2.45) is 0 Å². The highest BCUT2D eigenvalue weighted by molar-refractivity contribution is 8.00. The summed E-state index contributed by atoms with van der Waals surface area (Å²) in [5.41, 5.74) is 0.865. The van der Waals surface area contributed by atoms with E-state index in [1.54, 1.807) is 66.4 Å². The smallest absolute Gasteiger partial charge is 0.478 e. The van der Waals surface area contributed by atoms with Gasteiger partial charge in [0.2, 0.25) is 0 Å². The molecule has 2 aromatic carbocycles. The predicted molar refractivity (Wildman–Crippen MR) is 117 cm³/mol. The van der Waals surface area contributed by atoms with E-state index >= 15 is 0 Å². The van der Waals surface area contributed by atoms with E-state index in [1.807, 2.05) is 6.07 Å². The number of thioether (sulfide) groups is 1. The summed E-state index contributed by atoms with van der Waals surface area (Å²) in [6.07, 6.45) is 1.24. The minimum atomic E-state index is -0.879. The molecule has 1 saturated heterocycles. The second-order valence-corrected chi connectivity index (χ2v) is 7.75. The Hall–Kier alpha value is -3.26. The Balaban J connectivity index is 0.000000316. The van der Waals surface area contributed by atoms with Crippen LogP contribution in [0.4, 0.5) is 4.79 Å². The quantitative estimate of drug-likeness (QED) is 0.494. The van der Waals surface area contributed by atoms with Crippen LogP contribution in [0.3, 0.4) is 0 Å². The topological polar surface area (TPSA) is 99.1 Å². The zero-order valence-electron chi connectivity index (χ0n) is 16.8. The second-order valence-electron chi connectivity index (χ2n) is 6.42. The van der Waals surface area contributed by atoms with Gasteiger partial charge in [-0.1, -0.05) is 49.1 Å². The first-order valence-electron chi connectivity index (χ1n) is 9.56. The van der Waals surface area contributed by atoms with Crippen LogP contribution in [0.2, 0.25) is 0 Å². The summed E-state index contributed by atoms with van der Waals surface area (Å²) in [7, 11) is 0. The number of carboxylic acids is 1. The first-order chi connectivity index (χ1) is 15.0. The number of benzene rings is 2. The number of aromatic carboxylic acids is 1. The average Bonchev–Trinajstić information content (AvgIpc) is 3.24. The fraction of sp³-hybridized carbons (Fsp3) is 0.261. The van der Waals surface area contributed by atoms with E-state index in [2.05, 4.69) is 6.58 Å². The molecule has 8 heteroatoms. The Bertz CT molecular complexity index is 855. The van der Waals surface area contributed by atoms with Crippen molar-refractivity contribution >= 4 is 29.9 Å². The molecular formula is C23H24O7S. The molecule has 164 valence electrons. The van der Waals surface area contributed by atoms with Crippen LogP contribution in [0, 0.1) is 0 Å². The highest BCUT2D eigenvalue weighted by atomic mass is 32.2. The lowest BCUT2D eigenvalue weighted by molar-refractivity contribution is 0.0321. The van der Waals surface area contributed by atoms with Crippen molar-refractivity contribution < 1.29 is 33.7 Å². The highest BCUT2D eigenvalue weighted by Gasteiger charge is 2.29. The summed E-state index contributed by atoms with van der Waals surface area (Å²) in [4.78, 5) is 33.4. The van der Waals surface area contributed by atoms with Crippen molar-refractivity contribution in [3.63, 3.8) is 0 Å². The van der Waals surface area contributed by atoms with E-state index < -0.39 is 12.1 Å². The number of ether oxygens (including phenoxy) is 3. The first kappa shape index (κ1) is 24.0. The Morgan fingerprint density at radius 3 is 2.16 bits per heavy atom. The summed E-state index contributed by atoms with van der Waals surface area (Å²) in [5, 5.41) is 8.51. The maximum Gasteiger partial charge on any atom is 0.508 e. The largest absolute Gasteiger partial charge is 0.508 e. The molecule has 0 bridgehead atoms. The van der Waals surface area contributed by atoms with Crippen LogP contribution in [0.1, 0.15) is 27.1 Å². The van der Waals surface area contributed by atoms with Gasteiger partial charge in [0.25, 0.3) is 0 Å². The Labute approximate surface area is 185 Å². The lowest BCUT2D eigenvalue weighted by atomic mass is 10.2. The molecule has 0 unspecified atom stereocenters. The van der Waals surface area contributed by atoms with Crippen molar-refractivity contribution in [2.75, 3.05) is 19.0 Å². The molecule has 3 rings (SSSR count). The van der Waals surface area contributed by atoms with Gasteiger partial charge in [-0.05, 0) is 24.3 Å². The van der Waals surface area contributed by atoms with Gasteiger partial charge in [-0.2, -0.15) is 11.8 Å². The summed E-state index contributed by atoms with van der Waals surface area (Å²) in [6.45, 7) is 3.90. The summed E-state index contributed by atoms with van der Waals surface area (Å²) < 4.78 is 15.2. The fourth-order valence-corrected chi connectivity index (χ4v) is 3.78. The molecule has 1 aliphatic heterocycles. The SMILES string of the molecule is C=CCOC(=O)O[C@@H]1CS[C@H](COC(=O)c2ccccc2)C1.O=C(O)c1ccccc1. The number of rotatable bonds is 7. The Morgan fingerprint density at radius 2 is 1.61 bits per heavy atom. The van der Waals surface area contributed by atoms with Gasteiger partial charge < -0.3 is 19.3 Å². The number of esters is 1. The molecule has 0 aliphatic carbocycles. The molecule has 7 nitrogen and oxygen atoms in total. The third-order valence-electron chi connectivity index (χ3n) is 4.06. The summed E-state index contributed by atoms with van der Waals surface area (Å²) in [5.74, 6) is -0.539. The Kier molecular flexibility index (Phi) is 10.2. The van der Waals surface area contributed by atoms with Crippen LogP contribution in [0.5, 0.6) is 0 Å². The molecule has 1 N–H and O–H groups in total. The van der Waals surface area contributed by atoms with Gasteiger partial charge in [-0.3, -0.25) is 0 Å². The lowest BCUT2D eigenvalue weighted by Gasteiger charge is -2.12. The van der Waals surface area contributed by atoms with Crippen molar-refractivity contribution in [3.8, 4) is 0 Å². The second kappa shape index (κ2) is 13.1. The van der Waals surface area contributed by atoms with Crippen molar-refractivity contribution in [1.29, 1.82) is 0 Å². The van der Waals surface area contributed by atoms with E-state index in [4.69, 9.17) is 19.3 Å². The molecule has 31 heavy (non-hydrogen) atoms. The third-order valence-corrected chi connectivity index (χ3v) is 5.42. The maximum atomic E-state index is 11.8. The lowest BCUT2D eigenvalue weighted by Crippen LogP contribution is -2.21. The van der Waals surface area contributed by atoms with Crippen molar-refractivity contribution in [3.05, 3.63) is 84.4 Å². The number of carboxylic acid groups (broad SMARTS) is 1. The summed E-state index contributed by atoms with van der Waals surface area (Å²) in [6, 6.07) is 17.2. The summed E-state index contributed by atoms with van der Waals surface area (Å²) >= 11 is 1.62. The zero-order chi connectivity index (χ0) is 22.5. The fourth-order valence-electron chi connectivity index (χ4n) is 2.57. The number of carbonyl (C=O) groups excluding carboxylic acids is 2. The average molecular weight is 445 g/mol. The monoisotopic (exact) mass is 444 g/mol. The van der Waals surface area contributed by atoms with Crippen LogP contribution in [-0.4, -0.2) is 53.5 Å². The van der Waals surface area contributed by atoms with Gasteiger partial charge in [0.15, 0.2) is 0 Å². The van der Waals surface area contributed by atoms with Crippen molar-refractivity contribution in [2.45, 2.75) is 17.8 Å². The molecule has 2 aromatic rings. The van der Waals surface area contributed by atoms with E-state index in [0.29, 0.717) is 29.9 Å². The molecule has 1 heterocycles. The zero-order valence-corrected chi connectivity index (χ0v) is 17.7. The number of hydrogen-bond acceptors (Lipinski definition) is 7. The van der Waals surface area contributed by atoms with Gasteiger partial charge in [0, 0.05) is 17.4 Å². The van der Waals surface area contributed by atoms with Crippen LogP contribution in [0.25, 0.3) is 0 Å². The van der Waals surface area contributed by atoms with Gasteiger partial charge in [0.05, 0.1) is 11.1 Å². The number of hydrogen-bond donors (Lipinski definition) is 1. The third kappa shape index (κ3) is 8.96. The van der Waals surface area contributed by atoms with E-state index in [0.717, 1.165) is 0 Å². The van der Waals surface area contributed by atoms with Gasteiger partial charge in [-0.25, -0.2) is 14.4 Å². The molecule has 0 aromatic heterocycles. The van der Waals surface area contributed by atoms with Crippen LogP contribution >= 0.6 is 11.8 Å². The standard InChI is InChI=1S/C16H18O5S.C7H6O2/c1-2-8-19-16(18)21-13-9-14(22-11-13)10-20-15(17)12-6-4-3-5-7-12;8-7(9)6-4-2-1-3-5-6/h2-7,13-14H,1,8-11H2;1-5H,(H,8,9)/t13-,14-;/m0./s1. The minimum Gasteiger partial charge on any atom is -0.478 e. The number of carbonyl (C=O) groups is 3. The van der Waals surface area contributed by atoms with Crippen LogP contribution in [-0.2, 0) is 14.2 Å². The van der Waals surface area contributed by atoms with Crippen molar-refractivity contribution in [1.82, 2.24) is 0 Å². The molecule has 0 spiro atoms. The van der Waals surface area contributed by atoms with E-state index in [1.165, 1.54) is 6.08 Å².